The van der Waals surface area contributed by atoms with E-state index in [9.17, 15) is 18.8 Å². The van der Waals surface area contributed by atoms with Crippen LogP contribution in [0, 0.1) is 36.8 Å². The third-order valence-electron chi connectivity index (χ3n) is 5.09. The smallest absolute Gasteiger partial charge is 0.239 e. The largest absolute Gasteiger partial charge is 0.467 e. The molecule has 0 radical (unpaired) electrons. The number of hydrogen-bond acceptors (Lipinski definition) is 4. The van der Waals surface area contributed by atoms with Gasteiger partial charge in [0.15, 0.2) is 0 Å². The molecule has 1 atom stereocenters. The molecule has 0 aliphatic rings. The molecule has 2 heterocycles. The molecule has 3 rings (SSSR count). The Morgan fingerprint density at radius 1 is 1.30 bits per heavy atom. The number of carbonyl (C=O) groups is 1. The Balaban J connectivity index is 1.74. The fourth-order valence-corrected chi connectivity index (χ4v) is 3.27. The summed E-state index contributed by atoms with van der Waals surface area (Å²) >= 11 is 0. The summed E-state index contributed by atoms with van der Waals surface area (Å²) in [7, 11) is 0. The molecular formula is C22H22F2N4O2. The molecule has 0 fully saturated rings. The number of amides is 1. The number of nitrogens with zero attached hydrogens (tertiary/aromatic N) is 2. The van der Waals surface area contributed by atoms with E-state index in [0.717, 1.165) is 17.3 Å². The fourth-order valence-electron chi connectivity index (χ4n) is 3.27. The zero-order valence-corrected chi connectivity index (χ0v) is 16.9. The van der Waals surface area contributed by atoms with Crippen molar-refractivity contribution in [2.45, 2.75) is 33.4 Å². The summed E-state index contributed by atoms with van der Waals surface area (Å²) in [6.45, 7) is 5.61. The summed E-state index contributed by atoms with van der Waals surface area (Å²) in [4.78, 5) is 12.6. The third-order valence-corrected chi connectivity index (χ3v) is 5.09. The summed E-state index contributed by atoms with van der Waals surface area (Å²) in [5, 5.41) is 15.3. The van der Waals surface area contributed by atoms with Gasteiger partial charge in [-0.1, -0.05) is 6.07 Å². The van der Waals surface area contributed by atoms with E-state index in [4.69, 9.17) is 4.42 Å². The third kappa shape index (κ3) is 4.42. The van der Waals surface area contributed by atoms with Gasteiger partial charge in [0.2, 0.25) is 5.91 Å². The van der Waals surface area contributed by atoms with Crippen LogP contribution in [0.15, 0.2) is 41.0 Å². The normalized spacial score (nSPS) is 11.9. The fraction of sp³-hybridized carbons (Fsp3) is 0.273. The Labute approximate surface area is 173 Å². The van der Waals surface area contributed by atoms with Crippen molar-refractivity contribution in [3.8, 4) is 6.07 Å². The summed E-state index contributed by atoms with van der Waals surface area (Å²) < 4.78 is 34.2. The first-order valence-electron chi connectivity index (χ1n) is 9.42. The number of furan rings is 1. The number of rotatable bonds is 7. The van der Waals surface area contributed by atoms with Crippen LogP contribution in [0.5, 0.6) is 0 Å². The molecule has 0 saturated heterocycles. The molecule has 0 unspecified atom stereocenters. The standard InChI is InChI=1S/C22H22F2N4O2/c1-13-15(3)28(12-17-5-4-8-30-17)22(19(13)10-25)27-21(29)11-26-14(2)18-7-6-16(23)9-20(18)24/h4-9,14,26H,11-12H2,1-3H3,(H,27,29)/t14-/m0/s1. The van der Waals surface area contributed by atoms with Crippen molar-refractivity contribution in [3.05, 3.63) is 76.4 Å². The molecule has 1 aromatic carbocycles. The number of anilines is 1. The van der Waals surface area contributed by atoms with E-state index in [1.807, 2.05) is 24.5 Å². The van der Waals surface area contributed by atoms with Crippen molar-refractivity contribution in [3.63, 3.8) is 0 Å². The van der Waals surface area contributed by atoms with Gasteiger partial charge in [-0.15, -0.1) is 0 Å². The van der Waals surface area contributed by atoms with Crippen LogP contribution in [-0.4, -0.2) is 17.0 Å². The molecule has 156 valence electrons. The lowest BCUT2D eigenvalue weighted by molar-refractivity contribution is -0.115. The predicted octanol–water partition coefficient (Wildman–Crippen LogP) is 4.19. The van der Waals surface area contributed by atoms with E-state index in [2.05, 4.69) is 16.7 Å². The van der Waals surface area contributed by atoms with Gasteiger partial charge >= 0.3 is 0 Å². The van der Waals surface area contributed by atoms with Crippen molar-refractivity contribution < 1.29 is 18.0 Å². The van der Waals surface area contributed by atoms with Crippen LogP contribution in [0.25, 0.3) is 0 Å². The van der Waals surface area contributed by atoms with Gasteiger partial charge in [0.25, 0.3) is 0 Å². The first-order chi connectivity index (χ1) is 14.3. The van der Waals surface area contributed by atoms with E-state index in [1.165, 1.54) is 12.1 Å². The monoisotopic (exact) mass is 412 g/mol. The maximum absolute atomic E-state index is 13.9. The van der Waals surface area contributed by atoms with Gasteiger partial charge in [0.05, 0.1) is 24.9 Å². The van der Waals surface area contributed by atoms with Crippen molar-refractivity contribution in [1.29, 1.82) is 5.26 Å². The van der Waals surface area contributed by atoms with Gasteiger partial charge in [-0.3, -0.25) is 4.79 Å². The SMILES string of the molecule is Cc1c(C#N)c(NC(=O)CN[C@@H](C)c2ccc(F)cc2F)n(Cc2ccco2)c1C. The molecule has 8 heteroatoms. The highest BCUT2D eigenvalue weighted by Gasteiger charge is 2.21. The van der Waals surface area contributed by atoms with Gasteiger partial charge in [0.1, 0.15) is 29.3 Å². The van der Waals surface area contributed by atoms with E-state index in [0.29, 0.717) is 23.7 Å². The van der Waals surface area contributed by atoms with Crippen LogP contribution in [0.4, 0.5) is 14.6 Å². The molecule has 0 aliphatic heterocycles. The number of hydrogen-bond donors (Lipinski definition) is 2. The minimum atomic E-state index is -0.680. The van der Waals surface area contributed by atoms with Crippen LogP contribution >= 0.6 is 0 Å². The van der Waals surface area contributed by atoms with Crippen LogP contribution in [0.1, 0.15) is 41.1 Å². The highest BCUT2D eigenvalue weighted by atomic mass is 19.1. The molecule has 0 saturated carbocycles. The molecule has 30 heavy (non-hydrogen) atoms. The van der Waals surface area contributed by atoms with E-state index >= 15 is 0 Å². The average Bonchev–Trinajstić information content (AvgIpc) is 3.29. The lowest BCUT2D eigenvalue weighted by atomic mass is 10.1. The maximum atomic E-state index is 13.9. The lowest BCUT2D eigenvalue weighted by Gasteiger charge is -2.16. The predicted molar refractivity (Wildman–Crippen MR) is 108 cm³/mol. The molecule has 6 nitrogen and oxygen atoms in total. The first kappa shape index (κ1) is 21.3. The van der Waals surface area contributed by atoms with Gasteiger partial charge in [-0.05, 0) is 44.5 Å². The summed E-state index contributed by atoms with van der Waals surface area (Å²) in [5.41, 5.74) is 2.25. The summed E-state index contributed by atoms with van der Waals surface area (Å²) in [6, 6.07) is 8.53. The van der Waals surface area contributed by atoms with E-state index < -0.39 is 17.7 Å². The first-order valence-corrected chi connectivity index (χ1v) is 9.42. The topological polar surface area (TPSA) is 83.0 Å². The molecule has 0 aliphatic carbocycles. The lowest BCUT2D eigenvalue weighted by Crippen LogP contribution is -2.31. The van der Waals surface area contributed by atoms with Gasteiger partial charge < -0.3 is 19.6 Å². The summed E-state index contributed by atoms with van der Waals surface area (Å²) in [6.07, 6.45) is 1.56. The Hall–Kier alpha value is -3.44. The maximum Gasteiger partial charge on any atom is 0.239 e. The molecule has 0 bridgehead atoms. The van der Waals surface area contributed by atoms with Crippen LogP contribution < -0.4 is 10.6 Å². The number of nitrogens with one attached hydrogen (secondary N) is 2. The van der Waals surface area contributed by atoms with Gasteiger partial charge in [0, 0.05) is 23.4 Å². The molecule has 2 N–H and O–H groups in total. The molecular weight excluding hydrogens is 390 g/mol. The van der Waals surface area contributed by atoms with Gasteiger partial charge in [-0.2, -0.15) is 5.26 Å². The van der Waals surface area contributed by atoms with Crippen molar-refractivity contribution in [2.24, 2.45) is 0 Å². The molecule has 2 aromatic heterocycles. The number of aromatic nitrogens is 1. The Kier molecular flexibility index (Phi) is 6.33. The average molecular weight is 412 g/mol. The zero-order valence-electron chi connectivity index (χ0n) is 16.9. The minimum Gasteiger partial charge on any atom is -0.467 e. The molecule has 1 amide bonds. The zero-order chi connectivity index (χ0) is 21.8. The minimum absolute atomic E-state index is 0.118. The highest BCUT2D eigenvalue weighted by Crippen LogP contribution is 2.27. The van der Waals surface area contributed by atoms with Crippen molar-refractivity contribution in [1.82, 2.24) is 9.88 Å². The second-order valence-electron chi connectivity index (χ2n) is 7.03. The summed E-state index contributed by atoms with van der Waals surface area (Å²) in [5.74, 6) is -0.656. The van der Waals surface area contributed by atoms with E-state index in [1.54, 1.807) is 19.3 Å². The van der Waals surface area contributed by atoms with Crippen LogP contribution in [0.3, 0.4) is 0 Å². The number of nitriles is 1. The molecule has 0 spiro atoms. The van der Waals surface area contributed by atoms with E-state index in [-0.39, 0.29) is 18.0 Å². The number of benzene rings is 1. The van der Waals surface area contributed by atoms with Crippen molar-refractivity contribution in [2.75, 3.05) is 11.9 Å². The number of carbonyl (C=O) groups excluding carboxylic acids is 1. The second-order valence-corrected chi connectivity index (χ2v) is 7.03. The second kappa shape index (κ2) is 8.93. The van der Waals surface area contributed by atoms with Crippen molar-refractivity contribution >= 4 is 11.7 Å². The Morgan fingerprint density at radius 2 is 2.07 bits per heavy atom. The van der Waals surface area contributed by atoms with Crippen LogP contribution in [0.2, 0.25) is 0 Å². The Bertz CT molecular complexity index is 1100. The van der Waals surface area contributed by atoms with Crippen LogP contribution in [-0.2, 0) is 11.3 Å². The van der Waals surface area contributed by atoms with Gasteiger partial charge in [-0.25, -0.2) is 8.78 Å². The quantitative estimate of drug-likeness (QED) is 0.610. The molecule has 3 aromatic rings. The highest BCUT2D eigenvalue weighted by molar-refractivity contribution is 5.93. The Morgan fingerprint density at radius 3 is 2.70 bits per heavy atom. The number of halogens is 2.